The van der Waals surface area contributed by atoms with Crippen molar-refractivity contribution in [3.8, 4) is 5.75 Å². The number of amides is 1. The van der Waals surface area contributed by atoms with E-state index in [-0.39, 0.29) is 17.5 Å². The fourth-order valence-corrected chi connectivity index (χ4v) is 3.10. The van der Waals surface area contributed by atoms with Crippen LogP contribution in [0.4, 0.5) is 4.39 Å². The van der Waals surface area contributed by atoms with Gasteiger partial charge in [0.15, 0.2) is 11.6 Å². The number of hydrogen-bond donors (Lipinski definition) is 1. The van der Waals surface area contributed by atoms with Crippen LogP contribution in [0.15, 0.2) is 48.5 Å². The fraction of sp³-hybridized carbons (Fsp3) is 0.381. The Kier molecular flexibility index (Phi) is 5.89. The molecule has 1 saturated carbocycles. The molecule has 0 heterocycles. The molecule has 0 unspecified atom stereocenters. The van der Waals surface area contributed by atoms with Gasteiger partial charge in [-0.05, 0) is 42.6 Å². The predicted octanol–water partition coefficient (Wildman–Crippen LogP) is 3.68. The highest BCUT2D eigenvalue weighted by Gasteiger charge is 2.31. The lowest BCUT2D eigenvalue weighted by Crippen LogP contribution is -2.41. The maximum absolute atomic E-state index is 14.0. The standard InChI is InChI=1S/C21H25FN2O2/c1-3-24(14-15-9-12-19(26-2)18(22)13-15)20(16-7-5-4-6-8-16)21(25)23-17-10-11-17/h4-9,12-13,17,20H,3,10-11,14H2,1-2H3,(H,23,25)/t20-/m1/s1. The first-order valence-electron chi connectivity index (χ1n) is 9.04. The Morgan fingerprint density at radius 1 is 1.27 bits per heavy atom. The van der Waals surface area contributed by atoms with Crippen LogP contribution in [0, 0.1) is 5.82 Å². The largest absolute Gasteiger partial charge is 0.494 e. The van der Waals surface area contributed by atoms with Gasteiger partial charge in [0, 0.05) is 12.6 Å². The van der Waals surface area contributed by atoms with Gasteiger partial charge < -0.3 is 10.1 Å². The summed E-state index contributed by atoms with van der Waals surface area (Å²) in [6.45, 7) is 3.17. The van der Waals surface area contributed by atoms with E-state index >= 15 is 0 Å². The average molecular weight is 356 g/mol. The van der Waals surface area contributed by atoms with Crippen LogP contribution in [0.25, 0.3) is 0 Å². The van der Waals surface area contributed by atoms with E-state index in [9.17, 15) is 9.18 Å². The molecule has 1 N–H and O–H groups in total. The minimum atomic E-state index is -0.396. The van der Waals surface area contributed by atoms with E-state index in [1.165, 1.54) is 13.2 Å². The number of nitrogens with one attached hydrogen (secondary N) is 1. The molecule has 4 nitrogen and oxygen atoms in total. The number of carbonyl (C=O) groups is 1. The number of halogens is 1. The Morgan fingerprint density at radius 3 is 2.58 bits per heavy atom. The van der Waals surface area contributed by atoms with Crippen molar-refractivity contribution in [3.05, 3.63) is 65.5 Å². The summed E-state index contributed by atoms with van der Waals surface area (Å²) >= 11 is 0. The highest BCUT2D eigenvalue weighted by atomic mass is 19.1. The van der Waals surface area contributed by atoms with Gasteiger partial charge in [-0.3, -0.25) is 9.69 Å². The van der Waals surface area contributed by atoms with Crippen molar-refractivity contribution >= 4 is 5.91 Å². The van der Waals surface area contributed by atoms with Crippen molar-refractivity contribution in [1.29, 1.82) is 0 Å². The third-order valence-electron chi connectivity index (χ3n) is 4.66. The molecule has 3 rings (SSSR count). The first kappa shape index (κ1) is 18.4. The predicted molar refractivity (Wildman–Crippen MR) is 99.4 cm³/mol. The molecule has 1 aliphatic carbocycles. The van der Waals surface area contributed by atoms with Gasteiger partial charge in [-0.25, -0.2) is 4.39 Å². The maximum atomic E-state index is 14.0. The number of ether oxygens (including phenoxy) is 1. The zero-order valence-electron chi connectivity index (χ0n) is 15.2. The van der Waals surface area contributed by atoms with Crippen LogP contribution in [0.1, 0.15) is 36.9 Å². The quantitative estimate of drug-likeness (QED) is 0.785. The summed E-state index contributed by atoms with van der Waals surface area (Å²) in [5.41, 5.74) is 1.76. The van der Waals surface area contributed by atoms with Crippen LogP contribution in [-0.4, -0.2) is 30.5 Å². The lowest BCUT2D eigenvalue weighted by molar-refractivity contribution is -0.127. The second kappa shape index (κ2) is 8.32. The van der Waals surface area contributed by atoms with Crippen molar-refractivity contribution in [2.24, 2.45) is 0 Å². The highest BCUT2D eigenvalue weighted by Crippen LogP contribution is 2.27. The number of methoxy groups -OCH3 is 1. The molecule has 26 heavy (non-hydrogen) atoms. The topological polar surface area (TPSA) is 41.6 Å². The van der Waals surface area contributed by atoms with Crippen molar-refractivity contribution in [3.63, 3.8) is 0 Å². The molecule has 1 atom stereocenters. The summed E-state index contributed by atoms with van der Waals surface area (Å²) in [6.07, 6.45) is 2.09. The fourth-order valence-electron chi connectivity index (χ4n) is 3.10. The Balaban J connectivity index is 1.84. The van der Waals surface area contributed by atoms with E-state index in [0.717, 1.165) is 24.0 Å². The van der Waals surface area contributed by atoms with Gasteiger partial charge >= 0.3 is 0 Å². The van der Waals surface area contributed by atoms with Gasteiger partial charge in [-0.1, -0.05) is 43.3 Å². The molecule has 1 amide bonds. The van der Waals surface area contributed by atoms with Crippen LogP contribution in [0.3, 0.4) is 0 Å². The summed E-state index contributed by atoms with van der Waals surface area (Å²) in [6, 6.07) is 14.6. The van der Waals surface area contributed by atoms with E-state index in [1.807, 2.05) is 43.3 Å². The summed E-state index contributed by atoms with van der Waals surface area (Å²) in [4.78, 5) is 15.0. The molecule has 2 aromatic rings. The van der Waals surface area contributed by atoms with E-state index in [1.54, 1.807) is 6.07 Å². The molecule has 1 aliphatic rings. The first-order valence-corrected chi connectivity index (χ1v) is 9.04. The third-order valence-corrected chi connectivity index (χ3v) is 4.66. The molecule has 0 spiro atoms. The van der Waals surface area contributed by atoms with Crippen LogP contribution in [-0.2, 0) is 11.3 Å². The molecule has 0 bridgehead atoms. The number of rotatable bonds is 8. The Hall–Kier alpha value is -2.40. The number of hydrogen-bond acceptors (Lipinski definition) is 3. The normalized spacial score (nSPS) is 14.9. The zero-order valence-corrected chi connectivity index (χ0v) is 15.2. The summed E-state index contributed by atoms with van der Waals surface area (Å²) in [5.74, 6) is -0.155. The van der Waals surface area contributed by atoms with Gasteiger partial charge in [0.1, 0.15) is 6.04 Å². The van der Waals surface area contributed by atoms with Gasteiger partial charge in [-0.2, -0.15) is 0 Å². The van der Waals surface area contributed by atoms with Crippen LogP contribution in [0.5, 0.6) is 5.75 Å². The van der Waals surface area contributed by atoms with Crippen molar-refractivity contribution in [2.75, 3.05) is 13.7 Å². The van der Waals surface area contributed by atoms with Gasteiger partial charge in [-0.15, -0.1) is 0 Å². The average Bonchev–Trinajstić information content (AvgIpc) is 3.46. The molecule has 0 aromatic heterocycles. The number of nitrogens with zero attached hydrogens (tertiary/aromatic N) is 1. The van der Waals surface area contributed by atoms with Crippen molar-refractivity contribution in [1.82, 2.24) is 10.2 Å². The SMILES string of the molecule is CCN(Cc1ccc(OC)c(F)c1)[C@@H](C(=O)NC1CC1)c1ccccc1. The summed E-state index contributed by atoms with van der Waals surface area (Å²) in [7, 11) is 1.45. The smallest absolute Gasteiger partial charge is 0.242 e. The molecule has 5 heteroatoms. The molecular weight excluding hydrogens is 331 g/mol. The van der Waals surface area contributed by atoms with Crippen molar-refractivity contribution in [2.45, 2.75) is 38.4 Å². The molecule has 2 aromatic carbocycles. The lowest BCUT2D eigenvalue weighted by Gasteiger charge is -2.30. The van der Waals surface area contributed by atoms with Crippen LogP contribution in [0.2, 0.25) is 0 Å². The van der Waals surface area contributed by atoms with Crippen molar-refractivity contribution < 1.29 is 13.9 Å². The Morgan fingerprint density at radius 2 is 2.00 bits per heavy atom. The number of benzene rings is 2. The van der Waals surface area contributed by atoms with E-state index in [4.69, 9.17) is 4.74 Å². The molecule has 0 aliphatic heterocycles. The van der Waals surface area contributed by atoms with Crippen LogP contribution < -0.4 is 10.1 Å². The number of likely N-dealkylation sites (N-methyl/N-ethyl adjacent to an activating group) is 1. The molecule has 138 valence electrons. The molecular formula is C21H25FN2O2. The monoisotopic (exact) mass is 356 g/mol. The minimum absolute atomic E-state index is 0.00883. The maximum Gasteiger partial charge on any atom is 0.242 e. The number of carbonyl (C=O) groups excluding carboxylic acids is 1. The summed E-state index contributed by atoms with van der Waals surface area (Å²) in [5, 5.41) is 3.11. The molecule has 0 saturated heterocycles. The van der Waals surface area contributed by atoms with Gasteiger partial charge in [0.25, 0.3) is 0 Å². The second-order valence-corrected chi connectivity index (χ2v) is 6.63. The summed E-state index contributed by atoms with van der Waals surface area (Å²) < 4.78 is 19.0. The van der Waals surface area contributed by atoms with Gasteiger partial charge in [0.2, 0.25) is 5.91 Å². The Labute approximate surface area is 154 Å². The minimum Gasteiger partial charge on any atom is -0.494 e. The second-order valence-electron chi connectivity index (χ2n) is 6.63. The first-order chi connectivity index (χ1) is 12.6. The Bertz CT molecular complexity index is 747. The third kappa shape index (κ3) is 4.41. The van der Waals surface area contributed by atoms with E-state index < -0.39 is 6.04 Å². The van der Waals surface area contributed by atoms with E-state index in [0.29, 0.717) is 19.1 Å². The molecule has 1 fully saturated rings. The molecule has 0 radical (unpaired) electrons. The van der Waals surface area contributed by atoms with E-state index in [2.05, 4.69) is 10.2 Å². The highest BCUT2D eigenvalue weighted by molar-refractivity contribution is 5.83. The lowest BCUT2D eigenvalue weighted by atomic mass is 10.0. The van der Waals surface area contributed by atoms with Crippen LogP contribution >= 0.6 is 0 Å². The van der Waals surface area contributed by atoms with Gasteiger partial charge in [0.05, 0.1) is 7.11 Å². The zero-order chi connectivity index (χ0) is 18.5.